The zero-order valence-electron chi connectivity index (χ0n) is 9.00. The van der Waals surface area contributed by atoms with Crippen LogP contribution < -0.4 is 0 Å². The van der Waals surface area contributed by atoms with E-state index in [1.54, 1.807) is 0 Å². The smallest absolute Gasteiger partial charge is 0.306 e. The van der Waals surface area contributed by atoms with Gasteiger partial charge in [0.1, 0.15) is 6.10 Å². The lowest BCUT2D eigenvalue weighted by Gasteiger charge is -2.11. The van der Waals surface area contributed by atoms with Crippen LogP contribution in [0.5, 0.6) is 0 Å². The fourth-order valence-corrected chi connectivity index (χ4v) is 1.62. The first-order chi connectivity index (χ1) is 6.79. The number of carbonyl (C=O) groups is 1. The van der Waals surface area contributed by atoms with E-state index in [2.05, 4.69) is 12.2 Å². The van der Waals surface area contributed by atoms with Gasteiger partial charge in [0.25, 0.3) is 0 Å². The molecule has 0 bridgehead atoms. The van der Waals surface area contributed by atoms with Gasteiger partial charge < -0.3 is 4.74 Å². The van der Waals surface area contributed by atoms with Crippen molar-refractivity contribution in [3.05, 3.63) is 12.2 Å². The summed E-state index contributed by atoms with van der Waals surface area (Å²) in [7, 11) is 0. The van der Waals surface area contributed by atoms with Gasteiger partial charge in [0.05, 0.1) is 0 Å². The Balaban J connectivity index is 2.36. The van der Waals surface area contributed by atoms with E-state index < -0.39 is 0 Å². The zero-order chi connectivity index (χ0) is 10.2. The predicted molar refractivity (Wildman–Crippen MR) is 57.0 cm³/mol. The highest BCUT2D eigenvalue weighted by Gasteiger charge is 2.08. The maximum Gasteiger partial charge on any atom is 0.306 e. The number of carbonyl (C=O) groups excluding carboxylic acids is 1. The van der Waals surface area contributed by atoms with Crippen LogP contribution in [-0.2, 0) is 9.53 Å². The molecule has 0 aromatic carbocycles. The number of rotatable bonds is 0. The van der Waals surface area contributed by atoms with Gasteiger partial charge in [-0.25, -0.2) is 0 Å². The van der Waals surface area contributed by atoms with Gasteiger partial charge in [0, 0.05) is 12.8 Å². The van der Waals surface area contributed by atoms with Crippen LogP contribution in [-0.4, -0.2) is 12.1 Å². The molecule has 80 valence electrons. The molecule has 1 atom stereocenters. The van der Waals surface area contributed by atoms with Crippen molar-refractivity contribution in [1.29, 1.82) is 0 Å². The first kappa shape index (κ1) is 11.3. The predicted octanol–water partition coefficient (Wildman–Crippen LogP) is 3.22. The highest BCUT2D eigenvalue weighted by Crippen LogP contribution is 2.10. The third kappa shape index (κ3) is 5.05. The highest BCUT2D eigenvalue weighted by molar-refractivity contribution is 5.69. The second-order valence-corrected chi connectivity index (χ2v) is 3.96. The fourth-order valence-electron chi connectivity index (χ4n) is 1.62. The molecule has 0 amide bonds. The summed E-state index contributed by atoms with van der Waals surface area (Å²) >= 11 is 0. The Morgan fingerprint density at radius 3 is 2.86 bits per heavy atom. The van der Waals surface area contributed by atoms with E-state index in [0.717, 1.165) is 19.3 Å². The largest absolute Gasteiger partial charge is 0.462 e. The number of hydrogen-bond acceptors (Lipinski definition) is 2. The Kier molecular flexibility index (Phi) is 5.35. The molecule has 0 spiro atoms. The molecule has 1 heterocycles. The molecule has 0 aliphatic carbocycles. The maximum atomic E-state index is 11.3. The van der Waals surface area contributed by atoms with Crippen molar-refractivity contribution in [2.24, 2.45) is 0 Å². The molecular weight excluding hydrogens is 176 g/mol. The van der Waals surface area contributed by atoms with Crippen molar-refractivity contribution in [1.82, 2.24) is 0 Å². The molecule has 1 aliphatic rings. The summed E-state index contributed by atoms with van der Waals surface area (Å²) < 4.78 is 5.23. The van der Waals surface area contributed by atoms with Crippen LogP contribution in [0, 0.1) is 0 Å². The van der Waals surface area contributed by atoms with Gasteiger partial charge in [-0.05, 0) is 26.2 Å². The number of hydrogen-bond donors (Lipinski definition) is 0. The molecule has 0 fully saturated rings. The monoisotopic (exact) mass is 196 g/mol. The van der Waals surface area contributed by atoms with E-state index in [1.165, 1.54) is 19.3 Å². The van der Waals surface area contributed by atoms with E-state index in [-0.39, 0.29) is 12.1 Å². The Hall–Kier alpha value is -0.790. The van der Waals surface area contributed by atoms with Gasteiger partial charge in [0.2, 0.25) is 0 Å². The summed E-state index contributed by atoms with van der Waals surface area (Å²) in [6.07, 6.45) is 11.6. The van der Waals surface area contributed by atoms with Gasteiger partial charge in [-0.3, -0.25) is 4.79 Å². The molecule has 1 rings (SSSR count). The number of esters is 1. The van der Waals surface area contributed by atoms with Crippen molar-refractivity contribution in [3.63, 3.8) is 0 Å². The molecule has 2 nitrogen and oxygen atoms in total. The molecule has 0 saturated carbocycles. The van der Waals surface area contributed by atoms with Gasteiger partial charge in [-0.1, -0.05) is 25.0 Å². The molecule has 0 unspecified atom stereocenters. The fraction of sp³-hybridized carbons (Fsp3) is 0.750. The van der Waals surface area contributed by atoms with Crippen LogP contribution >= 0.6 is 0 Å². The molecule has 0 aromatic rings. The van der Waals surface area contributed by atoms with Crippen molar-refractivity contribution in [3.8, 4) is 0 Å². The average molecular weight is 196 g/mol. The molecule has 0 radical (unpaired) electrons. The van der Waals surface area contributed by atoms with Crippen LogP contribution in [0.1, 0.15) is 51.9 Å². The van der Waals surface area contributed by atoms with E-state index >= 15 is 0 Å². The van der Waals surface area contributed by atoms with Gasteiger partial charge >= 0.3 is 5.97 Å². The lowest BCUT2D eigenvalue weighted by molar-refractivity contribution is -0.148. The second kappa shape index (κ2) is 6.63. The van der Waals surface area contributed by atoms with Crippen LogP contribution in [0.25, 0.3) is 0 Å². The number of allylic oxidation sites excluding steroid dienone is 1. The quantitative estimate of drug-likeness (QED) is 0.439. The Labute approximate surface area is 86.3 Å². The Bertz CT molecular complexity index is 196. The SMILES string of the molecule is C[C@H]1CC=CCCCCCCC(=O)O1. The normalized spacial score (nSPS) is 26.1. The zero-order valence-corrected chi connectivity index (χ0v) is 9.00. The summed E-state index contributed by atoms with van der Waals surface area (Å²) in [4.78, 5) is 11.3. The highest BCUT2D eigenvalue weighted by atomic mass is 16.5. The molecule has 2 heteroatoms. The molecule has 1 aliphatic heterocycles. The van der Waals surface area contributed by atoms with Gasteiger partial charge in [-0.2, -0.15) is 0 Å². The first-order valence-electron chi connectivity index (χ1n) is 5.63. The maximum absolute atomic E-state index is 11.3. The number of ether oxygens (including phenoxy) is 1. The molecule has 0 aromatic heterocycles. The topological polar surface area (TPSA) is 26.3 Å². The van der Waals surface area contributed by atoms with E-state index in [1.807, 2.05) is 6.92 Å². The van der Waals surface area contributed by atoms with Crippen molar-refractivity contribution in [2.45, 2.75) is 58.0 Å². The minimum absolute atomic E-state index is 0.0357. The third-order valence-corrected chi connectivity index (χ3v) is 2.47. The van der Waals surface area contributed by atoms with E-state index in [4.69, 9.17) is 4.74 Å². The second-order valence-electron chi connectivity index (χ2n) is 3.96. The van der Waals surface area contributed by atoms with Crippen molar-refractivity contribution in [2.75, 3.05) is 0 Å². The standard InChI is InChI=1S/C12H20O2/c1-11-9-7-5-3-2-4-6-8-10-12(13)14-11/h5,7,11H,2-4,6,8-10H2,1H3/t11-/m0/s1. The molecule has 0 saturated heterocycles. The van der Waals surface area contributed by atoms with Gasteiger partial charge in [0.15, 0.2) is 0 Å². The summed E-state index contributed by atoms with van der Waals surface area (Å²) in [5.41, 5.74) is 0. The summed E-state index contributed by atoms with van der Waals surface area (Å²) in [5, 5.41) is 0. The van der Waals surface area contributed by atoms with Crippen LogP contribution in [0.15, 0.2) is 12.2 Å². The Morgan fingerprint density at radius 2 is 2.00 bits per heavy atom. The third-order valence-electron chi connectivity index (χ3n) is 2.47. The van der Waals surface area contributed by atoms with Crippen LogP contribution in [0.4, 0.5) is 0 Å². The van der Waals surface area contributed by atoms with Crippen LogP contribution in [0.2, 0.25) is 0 Å². The summed E-state index contributed by atoms with van der Waals surface area (Å²) in [5.74, 6) is -0.0357. The minimum Gasteiger partial charge on any atom is -0.462 e. The average Bonchev–Trinajstić information content (AvgIpc) is 2.13. The summed E-state index contributed by atoms with van der Waals surface area (Å²) in [6.45, 7) is 1.95. The van der Waals surface area contributed by atoms with Crippen molar-refractivity contribution >= 4 is 5.97 Å². The molecule has 14 heavy (non-hydrogen) atoms. The minimum atomic E-state index is -0.0357. The van der Waals surface area contributed by atoms with E-state index in [0.29, 0.717) is 6.42 Å². The number of cyclic esters (lactones) is 1. The first-order valence-corrected chi connectivity index (χ1v) is 5.63. The molecule has 0 N–H and O–H groups in total. The molecular formula is C12H20O2. The van der Waals surface area contributed by atoms with Crippen molar-refractivity contribution < 1.29 is 9.53 Å². The lowest BCUT2D eigenvalue weighted by Crippen LogP contribution is -2.14. The summed E-state index contributed by atoms with van der Waals surface area (Å²) in [6, 6.07) is 0. The lowest BCUT2D eigenvalue weighted by atomic mass is 10.1. The van der Waals surface area contributed by atoms with E-state index in [9.17, 15) is 4.79 Å². The van der Waals surface area contributed by atoms with Crippen LogP contribution in [0.3, 0.4) is 0 Å². The Morgan fingerprint density at radius 1 is 1.21 bits per heavy atom. The van der Waals surface area contributed by atoms with Gasteiger partial charge in [-0.15, -0.1) is 0 Å².